The number of nitrogens with zero attached hydrogens (tertiary/aromatic N) is 5. The zero-order valence-electron chi connectivity index (χ0n) is 15.8. The molecule has 29 heavy (non-hydrogen) atoms. The van der Waals surface area contributed by atoms with Crippen molar-refractivity contribution in [1.29, 1.82) is 0 Å². The van der Waals surface area contributed by atoms with Gasteiger partial charge in [0.05, 0.1) is 10.4 Å². The number of amidine groups is 1. The summed E-state index contributed by atoms with van der Waals surface area (Å²) in [5.74, 6) is 0.284. The van der Waals surface area contributed by atoms with Gasteiger partial charge in [0.1, 0.15) is 17.9 Å². The van der Waals surface area contributed by atoms with Crippen LogP contribution in [0.25, 0.3) is 11.0 Å². The molecule has 1 aliphatic heterocycles. The minimum Gasteiger partial charge on any atom is -0.362 e. The topological polar surface area (TPSA) is 110 Å². The molecule has 1 amide bonds. The number of likely N-dealkylation sites (tertiary alicyclic amines) is 1. The van der Waals surface area contributed by atoms with E-state index in [0.717, 1.165) is 18.5 Å². The van der Waals surface area contributed by atoms with Crippen molar-refractivity contribution in [2.75, 3.05) is 18.9 Å². The maximum absolute atomic E-state index is 12.5. The van der Waals surface area contributed by atoms with Crippen LogP contribution in [0.5, 0.6) is 0 Å². The van der Waals surface area contributed by atoms with Gasteiger partial charge in [-0.25, -0.2) is 4.68 Å². The summed E-state index contributed by atoms with van der Waals surface area (Å²) in [5.41, 5.74) is 1.97. The lowest BCUT2D eigenvalue weighted by Crippen LogP contribution is -2.20. The second-order valence-electron chi connectivity index (χ2n) is 6.82. The van der Waals surface area contributed by atoms with Crippen LogP contribution in [0.4, 0.5) is 5.69 Å². The molecule has 0 spiro atoms. The zero-order valence-corrected chi connectivity index (χ0v) is 16.6. The Balaban J connectivity index is 1.44. The number of hydrogen-bond acceptors (Lipinski definition) is 5. The molecule has 0 aliphatic carbocycles. The van der Waals surface area contributed by atoms with Crippen LogP contribution in [0.2, 0.25) is 0 Å². The maximum atomic E-state index is 12.5. The van der Waals surface area contributed by atoms with Gasteiger partial charge in [-0.3, -0.25) is 4.79 Å². The summed E-state index contributed by atoms with van der Waals surface area (Å²) in [5, 5.41) is 10.7. The minimum atomic E-state index is -3.78. The number of rotatable bonds is 5. The Kier molecular flexibility index (Phi) is 5.01. The number of hydrogen-bond donors (Lipinski definition) is 1. The van der Waals surface area contributed by atoms with E-state index in [1.54, 1.807) is 12.1 Å². The number of sulfonamides is 1. The van der Waals surface area contributed by atoms with Gasteiger partial charge in [-0.05, 0) is 42.8 Å². The van der Waals surface area contributed by atoms with Crippen LogP contribution in [-0.2, 0) is 21.4 Å². The number of aromatic nitrogens is 3. The van der Waals surface area contributed by atoms with Gasteiger partial charge in [0.15, 0.2) is 0 Å². The third-order valence-electron chi connectivity index (χ3n) is 4.71. The largest absolute Gasteiger partial charge is 0.362 e. The summed E-state index contributed by atoms with van der Waals surface area (Å²) in [6, 6.07) is 13.3. The lowest BCUT2D eigenvalue weighted by Gasteiger charge is -2.11. The van der Waals surface area contributed by atoms with Crippen molar-refractivity contribution in [2.45, 2.75) is 24.3 Å². The van der Waals surface area contributed by atoms with Crippen LogP contribution in [0, 0.1) is 0 Å². The Morgan fingerprint density at radius 1 is 1.17 bits per heavy atom. The molecular formula is C19H20N6O3S. The van der Waals surface area contributed by atoms with Crippen LogP contribution in [0.3, 0.4) is 0 Å². The molecule has 1 aromatic heterocycles. The Morgan fingerprint density at radius 3 is 2.66 bits per heavy atom. The molecule has 0 atom stereocenters. The Morgan fingerprint density at radius 2 is 1.93 bits per heavy atom. The number of carbonyl (C=O) groups excluding carboxylic acids is 1. The van der Waals surface area contributed by atoms with Crippen molar-refractivity contribution in [2.24, 2.45) is 4.40 Å². The first-order valence-corrected chi connectivity index (χ1v) is 10.6. The van der Waals surface area contributed by atoms with E-state index in [-0.39, 0.29) is 17.3 Å². The number of nitrogens with one attached hydrogen (secondary N) is 1. The summed E-state index contributed by atoms with van der Waals surface area (Å²) in [4.78, 5) is 14.3. The average molecular weight is 412 g/mol. The highest BCUT2D eigenvalue weighted by Crippen LogP contribution is 2.19. The monoisotopic (exact) mass is 412 g/mol. The first-order valence-electron chi connectivity index (χ1n) is 9.15. The van der Waals surface area contributed by atoms with Gasteiger partial charge >= 0.3 is 0 Å². The fourth-order valence-corrected chi connectivity index (χ4v) is 4.28. The van der Waals surface area contributed by atoms with E-state index in [4.69, 9.17) is 0 Å². The number of para-hydroxylation sites is 1. The van der Waals surface area contributed by atoms with Crippen LogP contribution in [0.1, 0.15) is 12.8 Å². The van der Waals surface area contributed by atoms with Gasteiger partial charge in [-0.15, -0.1) is 9.50 Å². The van der Waals surface area contributed by atoms with E-state index in [9.17, 15) is 13.2 Å². The Labute approximate surface area is 168 Å². The van der Waals surface area contributed by atoms with Crippen LogP contribution in [-0.4, -0.2) is 53.6 Å². The summed E-state index contributed by atoms with van der Waals surface area (Å²) in [7, 11) is -1.94. The van der Waals surface area contributed by atoms with Gasteiger partial charge in [-0.1, -0.05) is 17.3 Å². The average Bonchev–Trinajstić information content (AvgIpc) is 3.28. The van der Waals surface area contributed by atoms with E-state index in [0.29, 0.717) is 23.5 Å². The molecule has 1 fully saturated rings. The number of carbonyl (C=O) groups is 1. The van der Waals surface area contributed by atoms with E-state index < -0.39 is 10.0 Å². The van der Waals surface area contributed by atoms with Crippen molar-refractivity contribution < 1.29 is 13.2 Å². The number of fused-ring (bicyclic) bond motifs is 1. The second-order valence-corrected chi connectivity index (χ2v) is 8.42. The molecule has 4 rings (SSSR count). The van der Waals surface area contributed by atoms with Gasteiger partial charge < -0.3 is 10.2 Å². The number of benzene rings is 2. The predicted molar refractivity (Wildman–Crippen MR) is 109 cm³/mol. The molecule has 0 radical (unpaired) electrons. The third kappa shape index (κ3) is 4.11. The van der Waals surface area contributed by atoms with E-state index in [2.05, 4.69) is 20.0 Å². The van der Waals surface area contributed by atoms with Crippen molar-refractivity contribution in [3.05, 3.63) is 48.5 Å². The zero-order chi connectivity index (χ0) is 20.4. The van der Waals surface area contributed by atoms with Gasteiger partial charge in [0.2, 0.25) is 5.91 Å². The smallest absolute Gasteiger partial charge is 0.283 e. The molecule has 1 saturated heterocycles. The standard InChI is InChI=1S/C19H20N6O3S/c1-24-12-4-7-18(24)22-29(27,28)15-10-8-14(9-11-15)20-19(26)13-25-17-6-3-2-5-16(17)21-23-25/h2-3,5-6,8-11H,4,7,12-13H2,1H3,(H,20,26)/b22-18-. The Hall–Kier alpha value is -3.27. The fourth-order valence-electron chi connectivity index (χ4n) is 3.18. The van der Waals surface area contributed by atoms with Crippen molar-refractivity contribution in [3.8, 4) is 0 Å². The van der Waals surface area contributed by atoms with E-state index >= 15 is 0 Å². The predicted octanol–water partition coefficient (Wildman–Crippen LogP) is 1.88. The highest BCUT2D eigenvalue weighted by atomic mass is 32.2. The van der Waals surface area contributed by atoms with Crippen molar-refractivity contribution >= 4 is 38.5 Å². The molecule has 0 bridgehead atoms. The molecule has 3 aromatic rings. The van der Waals surface area contributed by atoms with Crippen LogP contribution in [0.15, 0.2) is 57.8 Å². The number of anilines is 1. The molecular weight excluding hydrogens is 392 g/mol. The molecule has 150 valence electrons. The number of amides is 1. The normalized spacial score (nSPS) is 15.9. The third-order valence-corrected chi connectivity index (χ3v) is 6.03. The molecule has 1 N–H and O–H groups in total. The van der Waals surface area contributed by atoms with Gasteiger partial charge in [-0.2, -0.15) is 8.42 Å². The lowest BCUT2D eigenvalue weighted by atomic mass is 10.3. The van der Waals surface area contributed by atoms with E-state index in [1.807, 2.05) is 36.2 Å². The van der Waals surface area contributed by atoms with Crippen LogP contribution < -0.4 is 5.32 Å². The SMILES string of the molecule is CN1CCC/C1=N/S(=O)(=O)c1ccc(NC(=O)Cn2nnc3ccccc32)cc1. The first kappa shape index (κ1) is 19.1. The molecule has 2 aromatic carbocycles. The van der Waals surface area contributed by atoms with Gasteiger partial charge in [0.25, 0.3) is 10.0 Å². The molecule has 1 aliphatic rings. The highest BCUT2D eigenvalue weighted by molar-refractivity contribution is 7.90. The first-order chi connectivity index (χ1) is 13.9. The molecule has 0 saturated carbocycles. The summed E-state index contributed by atoms with van der Waals surface area (Å²) < 4.78 is 30.4. The molecule has 0 unspecified atom stereocenters. The van der Waals surface area contributed by atoms with Crippen molar-refractivity contribution in [1.82, 2.24) is 19.9 Å². The quantitative estimate of drug-likeness (QED) is 0.685. The summed E-state index contributed by atoms with van der Waals surface area (Å²) in [6.07, 6.45) is 1.55. The summed E-state index contributed by atoms with van der Waals surface area (Å²) >= 11 is 0. The Bertz CT molecular complexity index is 1180. The minimum absolute atomic E-state index is 0.000547. The highest BCUT2D eigenvalue weighted by Gasteiger charge is 2.20. The second kappa shape index (κ2) is 7.63. The van der Waals surface area contributed by atoms with Crippen LogP contribution >= 0.6 is 0 Å². The molecule has 2 heterocycles. The lowest BCUT2D eigenvalue weighted by molar-refractivity contribution is -0.116. The molecule has 9 nitrogen and oxygen atoms in total. The van der Waals surface area contributed by atoms with E-state index in [1.165, 1.54) is 16.8 Å². The molecule has 10 heteroatoms. The van der Waals surface area contributed by atoms with Gasteiger partial charge in [0, 0.05) is 25.7 Å². The fraction of sp³-hybridized carbons (Fsp3) is 0.263. The van der Waals surface area contributed by atoms with Crippen molar-refractivity contribution in [3.63, 3.8) is 0 Å². The summed E-state index contributed by atoms with van der Waals surface area (Å²) in [6.45, 7) is 0.806. The maximum Gasteiger partial charge on any atom is 0.283 e.